The van der Waals surface area contributed by atoms with Crippen molar-refractivity contribution in [2.75, 3.05) is 17.8 Å². The molecule has 0 aliphatic carbocycles. The van der Waals surface area contributed by atoms with Gasteiger partial charge in [-0.05, 0) is 13.3 Å². The number of nitrogens with one attached hydrogen (secondary N) is 1. The van der Waals surface area contributed by atoms with Gasteiger partial charge in [0, 0.05) is 24.2 Å². The molecule has 1 N–H and O–H groups in total. The zero-order chi connectivity index (χ0) is 11.1. The van der Waals surface area contributed by atoms with Gasteiger partial charge >= 0.3 is 0 Å². The topological polar surface area (TPSA) is 47.0 Å². The van der Waals surface area contributed by atoms with Crippen LogP contribution in [0.25, 0.3) is 0 Å². The summed E-state index contributed by atoms with van der Waals surface area (Å²) < 4.78 is 5.39. The van der Waals surface area contributed by atoms with Crippen molar-refractivity contribution in [1.82, 2.24) is 9.97 Å². The molecule has 1 aromatic rings. The van der Waals surface area contributed by atoms with Crippen molar-refractivity contribution in [3.63, 3.8) is 0 Å². The number of hydrogen-bond acceptors (Lipinski definition) is 4. The Morgan fingerprint density at radius 1 is 1.60 bits per heavy atom. The average molecular weight is 230 g/mol. The first-order valence-corrected chi connectivity index (χ1v) is 5.58. The van der Waals surface area contributed by atoms with E-state index in [0.29, 0.717) is 24.3 Å². The van der Waals surface area contributed by atoms with Crippen LogP contribution in [0.4, 0.5) is 5.95 Å². The Kier molecular flexibility index (Phi) is 5.18. The molecule has 0 aromatic carbocycles. The highest BCUT2D eigenvalue weighted by Gasteiger charge is 2.03. The van der Waals surface area contributed by atoms with Crippen LogP contribution < -0.4 is 10.1 Å². The van der Waals surface area contributed by atoms with Gasteiger partial charge < -0.3 is 10.1 Å². The lowest BCUT2D eigenvalue weighted by atomic mass is 10.4. The largest absolute Gasteiger partial charge is 0.478 e. The molecule has 0 aliphatic heterocycles. The first-order valence-electron chi connectivity index (χ1n) is 5.04. The molecule has 1 rings (SSSR count). The van der Waals surface area contributed by atoms with Gasteiger partial charge in [0.05, 0.1) is 6.61 Å². The minimum atomic E-state index is 0.146. The van der Waals surface area contributed by atoms with E-state index in [2.05, 4.69) is 22.2 Å². The van der Waals surface area contributed by atoms with Crippen LogP contribution in [0.5, 0.6) is 5.88 Å². The average Bonchev–Trinajstić information content (AvgIpc) is 2.26. The third kappa shape index (κ3) is 4.34. The molecule has 1 heterocycles. The molecule has 0 radical (unpaired) electrons. The highest BCUT2D eigenvalue weighted by Crippen LogP contribution is 2.09. The van der Waals surface area contributed by atoms with E-state index in [-0.39, 0.29) is 6.04 Å². The van der Waals surface area contributed by atoms with E-state index >= 15 is 0 Å². The Bertz CT molecular complexity index is 296. The summed E-state index contributed by atoms with van der Waals surface area (Å²) in [6.07, 6.45) is 2.63. The maximum absolute atomic E-state index is 5.68. The molecule has 84 valence electrons. The maximum atomic E-state index is 5.68. The summed E-state index contributed by atoms with van der Waals surface area (Å²) in [5.41, 5.74) is 0. The molecule has 0 saturated heterocycles. The Morgan fingerprint density at radius 2 is 2.40 bits per heavy atom. The molecule has 1 atom stereocenters. The molecule has 1 unspecified atom stereocenters. The monoisotopic (exact) mass is 229 g/mol. The molecule has 1 aromatic heterocycles. The number of alkyl halides is 1. The minimum Gasteiger partial charge on any atom is -0.478 e. The van der Waals surface area contributed by atoms with Gasteiger partial charge in [-0.3, -0.25) is 0 Å². The van der Waals surface area contributed by atoms with Crippen molar-refractivity contribution in [3.05, 3.63) is 12.3 Å². The molecule has 0 spiro atoms. The van der Waals surface area contributed by atoms with E-state index in [1.807, 2.05) is 6.92 Å². The number of hydrogen-bond donors (Lipinski definition) is 1. The van der Waals surface area contributed by atoms with Crippen molar-refractivity contribution >= 4 is 17.5 Å². The SMILES string of the molecule is CCCOc1ccnc(NC(C)CCl)n1. The highest BCUT2D eigenvalue weighted by atomic mass is 35.5. The summed E-state index contributed by atoms with van der Waals surface area (Å²) in [5.74, 6) is 1.66. The van der Waals surface area contributed by atoms with Crippen LogP contribution in [-0.2, 0) is 0 Å². The van der Waals surface area contributed by atoms with E-state index in [9.17, 15) is 0 Å². The van der Waals surface area contributed by atoms with Crippen molar-refractivity contribution < 1.29 is 4.74 Å². The molecular formula is C10H16ClN3O. The Hall–Kier alpha value is -1.03. The van der Waals surface area contributed by atoms with Crippen LogP contribution in [0.1, 0.15) is 20.3 Å². The van der Waals surface area contributed by atoms with Crippen LogP contribution in [-0.4, -0.2) is 28.5 Å². The normalized spacial score (nSPS) is 12.2. The summed E-state index contributed by atoms with van der Waals surface area (Å²) in [7, 11) is 0. The lowest BCUT2D eigenvalue weighted by Gasteiger charge is -2.10. The standard InChI is InChI=1S/C10H16ClN3O/c1-3-6-15-9-4-5-12-10(14-9)13-8(2)7-11/h4-5,8H,3,6-7H2,1-2H3,(H,12,13,14). The zero-order valence-corrected chi connectivity index (χ0v) is 9.79. The second-order valence-corrected chi connectivity index (χ2v) is 3.58. The quantitative estimate of drug-likeness (QED) is 0.761. The molecule has 0 saturated carbocycles. The molecule has 0 fully saturated rings. The molecule has 0 amide bonds. The minimum absolute atomic E-state index is 0.146. The predicted molar refractivity (Wildman–Crippen MR) is 61.6 cm³/mol. The summed E-state index contributed by atoms with van der Waals surface area (Å²) >= 11 is 5.68. The summed E-state index contributed by atoms with van der Waals surface area (Å²) in [6, 6.07) is 1.89. The lowest BCUT2D eigenvalue weighted by molar-refractivity contribution is 0.305. The van der Waals surface area contributed by atoms with Crippen LogP contribution >= 0.6 is 11.6 Å². The van der Waals surface area contributed by atoms with E-state index in [4.69, 9.17) is 16.3 Å². The second kappa shape index (κ2) is 6.45. The number of aromatic nitrogens is 2. The van der Waals surface area contributed by atoms with Crippen LogP contribution in [0.3, 0.4) is 0 Å². The fraction of sp³-hybridized carbons (Fsp3) is 0.600. The van der Waals surface area contributed by atoms with E-state index < -0.39 is 0 Å². The first-order chi connectivity index (χ1) is 7.26. The van der Waals surface area contributed by atoms with Gasteiger partial charge in [0.2, 0.25) is 11.8 Å². The van der Waals surface area contributed by atoms with E-state index in [1.165, 1.54) is 0 Å². The molecule has 5 heteroatoms. The number of ether oxygens (including phenoxy) is 1. The number of anilines is 1. The molecule has 15 heavy (non-hydrogen) atoms. The third-order valence-electron chi connectivity index (χ3n) is 1.69. The van der Waals surface area contributed by atoms with Crippen molar-refractivity contribution in [2.24, 2.45) is 0 Å². The fourth-order valence-corrected chi connectivity index (χ4v) is 1.03. The molecule has 0 bridgehead atoms. The lowest BCUT2D eigenvalue weighted by Crippen LogP contribution is -2.18. The number of rotatable bonds is 6. The highest BCUT2D eigenvalue weighted by molar-refractivity contribution is 6.18. The van der Waals surface area contributed by atoms with E-state index in [1.54, 1.807) is 12.3 Å². The number of halogens is 1. The van der Waals surface area contributed by atoms with Gasteiger partial charge in [-0.15, -0.1) is 11.6 Å². The summed E-state index contributed by atoms with van der Waals surface area (Å²) in [5, 5.41) is 3.07. The zero-order valence-electron chi connectivity index (χ0n) is 9.03. The second-order valence-electron chi connectivity index (χ2n) is 3.27. The van der Waals surface area contributed by atoms with Gasteiger partial charge in [-0.1, -0.05) is 6.92 Å². The number of nitrogens with zero attached hydrogens (tertiary/aromatic N) is 2. The van der Waals surface area contributed by atoms with Gasteiger partial charge in [-0.25, -0.2) is 4.98 Å². The molecule has 0 aliphatic rings. The van der Waals surface area contributed by atoms with Crippen LogP contribution in [0.15, 0.2) is 12.3 Å². The van der Waals surface area contributed by atoms with Crippen LogP contribution in [0.2, 0.25) is 0 Å². The summed E-state index contributed by atoms with van der Waals surface area (Å²) in [6.45, 7) is 4.69. The fourth-order valence-electron chi connectivity index (χ4n) is 0.958. The van der Waals surface area contributed by atoms with Gasteiger partial charge in [0.1, 0.15) is 0 Å². The van der Waals surface area contributed by atoms with E-state index in [0.717, 1.165) is 6.42 Å². The van der Waals surface area contributed by atoms with Gasteiger partial charge in [0.15, 0.2) is 0 Å². The Balaban J connectivity index is 2.57. The van der Waals surface area contributed by atoms with Crippen molar-refractivity contribution in [2.45, 2.75) is 26.3 Å². The van der Waals surface area contributed by atoms with Crippen molar-refractivity contribution in [3.8, 4) is 5.88 Å². The van der Waals surface area contributed by atoms with Gasteiger partial charge in [-0.2, -0.15) is 4.98 Å². The van der Waals surface area contributed by atoms with Crippen molar-refractivity contribution in [1.29, 1.82) is 0 Å². The first kappa shape index (κ1) is 12.0. The Labute approximate surface area is 95.0 Å². The smallest absolute Gasteiger partial charge is 0.226 e. The van der Waals surface area contributed by atoms with Crippen LogP contribution in [0, 0.1) is 0 Å². The Morgan fingerprint density at radius 3 is 3.07 bits per heavy atom. The molecular weight excluding hydrogens is 214 g/mol. The maximum Gasteiger partial charge on any atom is 0.226 e. The summed E-state index contributed by atoms with van der Waals surface area (Å²) in [4.78, 5) is 8.27. The third-order valence-corrected chi connectivity index (χ3v) is 2.15. The predicted octanol–water partition coefficient (Wildman–Crippen LogP) is 2.30. The van der Waals surface area contributed by atoms with Gasteiger partial charge in [0.25, 0.3) is 0 Å². The molecule has 4 nitrogen and oxygen atoms in total.